The maximum absolute atomic E-state index is 14.3. The van der Waals surface area contributed by atoms with Crippen LogP contribution in [0.3, 0.4) is 0 Å². The summed E-state index contributed by atoms with van der Waals surface area (Å²) in [4.78, 5) is 36.5. The third kappa shape index (κ3) is 5.14. The zero-order valence-electron chi connectivity index (χ0n) is 25.8. The van der Waals surface area contributed by atoms with Crippen molar-refractivity contribution in [3.63, 3.8) is 0 Å². The van der Waals surface area contributed by atoms with Crippen molar-refractivity contribution in [2.24, 2.45) is 10.9 Å². The van der Waals surface area contributed by atoms with Crippen LogP contribution in [0.1, 0.15) is 74.3 Å². The minimum absolute atomic E-state index is 0.00252. The van der Waals surface area contributed by atoms with E-state index in [1.807, 2.05) is 30.3 Å². The molecule has 2 atom stereocenters. The lowest BCUT2D eigenvalue weighted by molar-refractivity contribution is -0.121. The van der Waals surface area contributed by atoms with E-state index in [0.717, 1.165) is 82.0 Å². The minimum atomic E-state index is -0.251. The van der Waals surface area contributed by atoms with Crippen LogP contribution in [0.15, 0.2) is 76.5 Å². The highest BCUT2D eigenvalue weighted by Gasteiger charge is 2.46. The summed E-state index contributed by atoms with van der Waals surface area (Å²) in [6.45, 7) is 8.35. The second-order valence-corrected chi connectivity index (χ2v) is 12.8. The maximum Gasteiger partial charge on any atom is 0.261 e. The Kier molecular flexibility index (Phi) is 6.99. The zero-order chi connectivity index (χ0) is 30.6. The molecule has 2 unspecified atom stereocenters. The van der Waals surface area contributed by atoms with Crippen molar-refractivity contribution < 1.29 is 9.53 Å². The standard InChI is InChI=1S/C37H38N4O3/c1-5-9-30-29(36(43)41(33(6-2)38-30)25-16-17-32-24(19-25)21-37(3,4)44-32)18-22-12-14-23(15-13-22)26-10-7-8-11-27(26)34-39-31-20-28(31)35(42)40-34/h7-8,10-17,19,28,31H,5-6,9,18,20-21H2,1-4H3,(H,39,40,42). The molecular weight excluding hydrogens is 548 g/mol. The first-order valence-corrected chi connectivity index (χ1v) is 15.8. The van der Waals surface area contributed by atoms with Crippen molar-refractivity contribution in [1.82, 2.24) is 14.9 Å². The average Bonchev–Trinajstić information content (AvgIpc) is 3.74. The van der Waals surface area contributed by atoms with Crippen LogP contribution in [0.2, 0.25) is 0 Å². The highest BCUT2D eigenvalue weighted by atomic mass is 16.5. The molecule has 2 aliphatic heterocycles. The zero-order valence-corrected chi connectivity index (χ0v) is 25.8. The van der Waals surface area contributed by atoms with Gasteiger partial charge in [-0.25, -0.2) is 4.98 Å². The number of hydrogen-bond donors (Lipinski definition) is 1. The number of aliphatic imine (C=N–C) groups is 1. The molecule has 1 saturated carbocycles. The number of amidine groups is 1. The van der Waals surface area contributed by atoms with Crippen LogP contribution >= 0.6 is 0 Å². The van der Waals surface area contributed by atoms with Crippen molar-refractivity contribution >= 4 is 11.7 Å². The molecule has 1 aliphatic carbocycles. The fourth-order valence-electron chi connectivity index (χ4n) is 6.61. The highest BCUT2D eigenvalue weighted by molar-refractivity contribution is 6.14. The Bertz CT molecular complexity index is 1870. The Hall–Kier alpha value is -4.52. The second kappa shape index (κ2) is 10.9. The van der Waals surface area contributed by atoms with Crippen molar-refractivity contribution in [2.45, 2.75) is 77.9 Å². The second-order valence-electron chi connectivity index (χ2n) is 12.8. The summed E-state index contributed by atoms with van der Waals surface area (Å²) in [5.41, 5.74) is 7.36. The average molecular weight is 587 g/mol. The van der Waals surface area contributed by atoms with Gasteiger partial charge in [0.1, 0.15) is 23.0 Å². The first-order chi connectivity index (χ1) is 21.2. The third-order valence-electron chi connectivity index (χ3n) is 8.90. The van der Waals surface area contributed by atoms with Gasteiger partial charge in [0.05, 0.1) is 23.3 Å². The lowest BCUT2D eigenvalue weighted by Crippen LogP contribution is -2.37. The van der Waals surface area contributed by atoms with Crippen LogP contribution < -0.4 is 15.6 Å². The molecule has 0 bridgehead atoms. The molecule has 1 fully saturated rings. The largest absolute Gasteiger partial charge is 0.487 e. The van der Waals surface area contributed by atoms with E-state index < -0.39 is 0 Å². The summed E-state index contributed by atoms with van der Waals surface area (Å²) >= 11 is 0. The molecule has 7 nitrogen and oxygen atoms in total. The maximum atomic E-state index is 14.3. The number of nitrogens with one attached hydrogen (secondary N) is 1. The summed E-state index contributed by atoms with van der Waals surface area (Å²) < 4.78 is 7.89. The lowest BCUT2D eigenvalue weighted by Gasteiger charge is -2.18. The molecule has 1 aromatic heterocycles. The molecule has 224 valence electrons. The number of hydrogen-bond acceptors (Lipinski definition) is 5. The molecule has 4 aromatic rings. The Balaban J connectivity index is 1.23. The molecule has 3 aromatic carbocycles. The van der Waals surface area contributed by atoms with Crippen LogP contribution in [0.5, 0.6) is 5.75 Å². The molecule has 3 heterocycles. The van der Waals surface area contributed by atoms with Crippen molar-refractivity contribution in [1.29, 1.82) is 0 Å². The first kappa shape index (κ1) is 28.3. The fraction of sp³-hybridized carbons (Fsp3) is 0.351. The topological polar surface area (TPSA) is 85.6 Å². The van der Waals surface area contributed by atoms with Crippen LogP contribution in [-0.4, -0.2) is 32.9 Å². The van der Waals surface area contributed by atoms with E-state index in [4.69, 9.17) is 14.7 Å². The Morgan fingerprint density at radius 3 is 2.50 bits per heavy atom. The number of carbonyl (C=O) groups excluding carboxylic acids is 1. The van der Waals surface area contributed by atoms with Crippen LogP contribution in [0.25, 0.3) is 16.8 Å². The van der Waals surface area contributed by atoms with Gasteiger partial charge in [-0.1, -0.05) is 68.8 Å². The number of carbonyl (C=O) groups is 1. The third-order valence-corrected chi connectivity index (χ3v) is 8.90. The van der Waals surface area contributed by atoms with Gasteiger partial charge in [-0.15, -0.1) is 0 Å². The molecule has 44 heavy (non-hydrogen) atoms. The molecule has 7 heteroatoms. The first-order valence-electron chi connectivity index (χ1n) is 15.8. The minimum Gasteiger partial charge on any atom is -0.487 e. The predicted molar refractivity (Wildman–Crippen MR) is 173 cm³/mol. The van der Waals surface area contributed by atoms with E-state index >= 15 is 0 Å². The molecule has 1 amide bonds. The smallest absolute Gasteiger partial charge is 0.261 e. The summed E-state index contributed by atoms with van der Waals surface area (Å²) in [6, 6.07) is 22.6. The molecule has 0 saturated heterocycles. The Labute approximate surface area is 258 Å². The van der Waals surface area contributed by atoms with Crippen LogP contribution in [-0.2, 0) is 30.5 Å². The van der Waals surface area contributed by atoms with Gasteiger partial charge >= 0.3 is 0 Å². The molecular formula is C37H38N4O3. The van der Waals surface area contributed by atoms with E-state index in [1.165, 1.54) is 0 Å². The number of rotatable bonds is 8. The summed E-state index contributed by atoms with van der Waals surface area (Å²) in [6.07, 6.45) is 4.46. The number of aromatic nitrogens is 2. The normalized spacial score (nSPS) is 19.5. The number of aryl methyl sites for hydroxylation is 2. The van der Waals surface area contributed by atoms with Gasteiger partial charge in [0, 0.05) is 36.0 Å². The van der Waals surface area contributed by atoms with E-state index in [2.05, 4.69) is 69.4 Å². The highest BCUT2D eigenvalue weighted by Crippen LogP contribution is 2.38. The molecule has 1 N–H and O–H groups in total. The number of amides is 1. The quantitative estimate of drug-likeness (QED) is 0.275. The van der Waals surface area contributed by atoms with E-state index in [1.54, 1.807) is 4.57 Å². The van der Waals surface area contributed by atoms with Gasteiger partial charge in [-0.2, -0.15) is 0 Å². The predicted octanol–water partition coefficient (Wildman–Crippen LogP) is 5.98. The van der Waals surface area contributed by atoms with Crippen molar-refractivity contribution in [3.05, 3.63) is 111 Å². The summed E-state index contributed by atoms with van der Waals surface area (Å²) in [7, 11) is 0. The monoisotopic (exact) mass is 586 g/mol. The van der Waals surface area contributed by atoms with Gasteiger partial charge in [0.25, 0.3) is 5.56 Å². The van der Waals surface area contributed by atoms with Crippen LogP contribution in [0.4, 0.5) is 0 Å². The van der Waals surface area contributed by atoms with Gasteiger partial charge in [-0.05, 0) is 61.6 Å². The van der Waals surface area contributed by atoms with E-state index in [-0.39, 0.29) is 29.0 Å². The van der Waals surface area contributed by atoms with Crippen molar-refractivity contribution in [2.75, 3.05) is 0 Å². The summed E-state index contributed by atoms with van der Waals surface area (Å²) in [5.74, 6) is 2.43. The molecule has 0 radical (unpaired) electrons. The number of nitrogens with zero attached hydrogens (tertiary/aromatic N) is 3. The summed E-state index contributed by atoms with van der Waals surface area (Å²) in [5, 5.41) is 3.01. The van der Waals surface area contributed by atoms with Gasteiger partial charge in [-0.3, -0.25) is 19.1 Å². The van der Waals surface area contributed by atoms with E-state index in [9.17, 15) is 9.59 Å². The van der Waals surface area contributed by atoms with E-state index in [0.29, 0.717) is 18.7 Å². The van der Waals surface area contributed by atoms with Gasteiger partial charge in [0.15, 0.2) is 0 Å². The lowest BCUT2D eigenvalue weighted by atomic mass is 9.95. The van der Waals surface area contributed by atoms with Crippen LogP contribution in [0, 0.1) is 5.92 Å². The van der Waals surface area contributed by atoms with Crippen molar-refractivity contribution in [3.8, 4) is 22.6 Å². The fourth-order valence-corrected chi connectivity index (χ4v) is 6.61. The molecule has 3 aliphatic rings. The van der Waals surface area contributed by atoms with Gasteiger partial charge < -0.3 is 10.1 Å². The number of ether oxygens (including phenoxy) is 1. The Morgan fingerprint density at radius 1 is 1.00 bits per heavy atom. The molecule has 0 spiro atoms. The van der Waals surface area contributed by atoms with Gasteiger partial charge in [0.2, 0.25) is 5.91 Å². The number of benzene rings is 3. The molecule has 7 rings (SSSR count). The Morgan fingerprint density at radius 2 is 1.77 bits per heavy atom. The number of fused-ring (bicyclic) bond motifs is 2. The SMILES string of the molecule is CCCc1nc(CC)n(-c2ccc3c(c2)CC(C)(C)O3)c(=O)c1Cc1ccc(-c2ccccc2C2=NC3CC3C(=O)N2)cc1.